The number of thiocarbonyl (C=S) groups is 1. The van der Waals surface area contributed by atoms with E-state index in [9.17, 15) is 0 Å². The average Bonchev–Trinajstić information content (AvgIpc) is 2.66. The molecule has 9 heteroatoms. The monoisotopic (exact) mass is 404 g/mol. The smallest absolute Gasteiger partial charge is 0.232 e. The average molecular weight is 405 g/mol. The Hall–Kier alpha value is -2.13. The molecule has 0 bridgehead atoms. The van der Waals surface area contributed by atoms with Crippen LogP contribution in [0.4, 0.5) is 17.6 Å². The molecule has 144 valence electrons. The number of hydrogen-bond donors (Lipinski definition) is 2. The van der Waals surface area contributed by atoms with E-state index in [1.54, 1.807) is 18.9 Å². The van der Waals surface area contributed by atoms with Gasteiger partial charge in [0.2, 0.25) is 11.9 Å². The summed E-state index contributed by atoms with van der Waals surface area (Å²) in [5.74, 6) is 2.41. The molecule has 2 aromatic rings. The van der Waals surface area contributed by atoms with Gasteiger partial charge in [0.25, 0.3) is 0 Å². The summed E-state index contributed by atoms with van der Waals surface area (Å²) >= 11 is 7.18. The molecule has 1 saturated heterocycles. The number of thioether (sulfide) groups is 1. The van der Waals surface area contributed by atoms with Crippen molar-refractivity contribution in [3.05, 3.63) is 30.1 Å². The molecule has 27 heavy (non-hydrogen) atoms. The van der Waals surface area contributed by atoms with Crippen molar-refractivity contribution in [2.24, 2.45) is 0 Å². The maximum atomic E-state index is 5.87. The van der Waals surface area contributed by atoms with Crippen LogP contribution in [0.3, 0.4) is 0 Å². The molecule has 3 N–H and O–H groups in total. The second kappa shape index (κ2) is 9.18. The molecule has 0 radical (unpaired) electrons. The van der Waals surface area contributed by atoms with Crippen LogP contribution in [0.5, 0.6) is 5.75 Å². The summed E-state index contributed by atoms with van der Waals surface area (Å²) in [7, 11) is 1.62. The van der Waals surface area contributed by atoms with Crippen molar-refractivity contribution < 1.29 is 4.74 Å². The van der Waals surface area contributed by atoms with Crippen LogP contribution in [-0.4, -0.2) is 43.9 Å². The number of ether oxygens (including phenoxy) is 1. The number of nitrogens with zero attached hydrogens (tertiary/aromatic N) is 4. The maximum absolute atomic E-state index is 5.87. The number of para-hydroxylation sites is 2. The van der Waals surface area contributed by atoms with E-state index >= 15 is 0 Å². The highest BCUT2D eigenvalue weighted by molar-refractivity contribution is 8.22. The molecule has 0 saturated carbocycles. The lowest BCUT2D eigenvalue weighted by molar-refractivity contribution is 0.267. The van der Waals surface area contributed by atoms with Gasteiger partial charge in [-0.1, -0.05) is 36.1 Å². The zero-order valence-corrected chi connectivity index (χ0v) is 17.1. The quantitative estimate of drug-likeness (QED) is 0.725. The minimum absolute atomic E-state index is 0.176. The molecule has 0 spiro atoms. The summed E-state index contributed by atoms with van der Waals surface area (Å²) < 4.78 is 6.23. The lowest BCUT2D eigenvalue weighted by atomic mass is 10.1. The Kier molecular flexibility index (Phi) is 6.68. The first kappa shape index (κ1) is 19.6. The van der Waals surface area contributed by atoms with Crippen LogP contribution in [0.1, 0.15) is 32.0 Å². The maximum Gasteiger partial charge on any atom is 0.232 e. The van der Waals surface area contributed by atoms with E-state index < -0.39 is 0 Å². The fourth-order valence-corrected chi connectivity index (χ4v) is 4.27. The van der Waals surface area contributed by atoms with Crippen LogP contribution in [0.25, 0.3) is 0 Å². The third kappa shape index (κ3) is 5.20. The predicted octanol–water partition coefficient (Wildman–Crippen LogP) is 3.60. The summed E-state index contributed by atoms with van der Waals surface area (Å²) in [4.78, 5) is 15.2. The van der Waals surface area contributed by atoms with Gasteiger partial charge in [-0.05, 0) is 38.3 Å². The fourth-order valence-electron chi connectivity index (χ4n) is 3.01. The molecule has 1 aliphatic rings. The first-order valence-corrected chi connectivity index (χ1v) is 10.3. The van der Waals surface area contributed by atoms with Crippen molar-refractivity contribution in [2.75, 3.05) is 24.7 Å². The van der Waals surface area contributed by atoms with Gasteiger partial charge in [0.05, 0.1) is 18.6 Å². The van der Waals surface area contributed by atoms with E-state index in [0.717, 1.165) is 16.6 Å². The van der Waals surface area contributed by atoms with E-state index in [2.05, 4.69) is 32.1 Å². The molecule has 1 atom stereocenters. The Balaban J connectivity index is 1.67. The zero-order valence-electron chi connectivity index (χ0n) is 15.5. The van der Waals surface area contributed by atoms with E-state index in [1.165, 1.54) is 19.3 Å². The molecular formula is C18H24N6OS2. The van der Waals surface area contributed by atoms with Gasteiger partial charge in [0.15, 0.2) is 0 Å². The van der Waals surface area contributed by atoms with Gasteiger partial charge in [-0.3, -0.25) is 0 Å². The number of nitrogen functional groups attached to an aromatic ring is 1. The van der Waals surface area contributed by atoms with Gasteiger partial charge in [-0.25, -0.2) is 0 Å². The van der Waals surface area contributed by atoms with E-state index in [1.807, 2.05) is 24.3 Å². The Morgan fingerprint density at radius 2 is 2.15 bits per heavy atom. The first-order chi connectivity index (χ1) is 13.1. The van der Waals surface area contributed by atoms with Crippen LogP contribution in [-0.2, 0) is 5.75 Å². The number of nitrogens with one attached hydrogen (secondary N) is 1. The van der Waals surface area contributed by atoms with Crippen molar-refractivity contribution in [2.45, 2.75) is 38.0 Å². The number of hydrogen-bond acceptors (Lipinski definition) is 8. The molecule has 1 aliphatic heterocycles. The normalized spacial score (nSPS) is 16.8. The van der Waals surface area contributed by atoms with Crippen LogP contribution in [0, 0.1) is 0 Å². The first-order valence-electron chi connectivity index (χ1n) is 8.90. The highest BCUT2D eigenvalue weighted by atomic mass is 32.2. The Labute approximate surface area is 169 Å². The van der Waals surface area contributed by atoms with Gasteiger partial charge >= 0.3 is 0 Å². The Morgan fingerprint density at radius 1 is 1.33 bits per heavy atom. The minimum Gasteiger partial charge on any atom is -0.495 e. The number of aromatic nitrogens is 3. The summed E-state index contributed by atoms with van der Waals surface area (Å²) in [6, 6.07) is 8.05. The highest BCUT2D eigenvalue weighted by Crippen LogP contribution is 2.26. The topological polar surface area (TPSA) is 89.2 Å². The Bertz CT molecular complexity index is 803. The minimum atomic E-state index is 0.176. The zero-order chi connectivity index (χ0) is 19.2. The van der Waals surface area contributed by atoms with E-state index in [-0.39, 0.29) is 5.95 Å². The van der Waals surface area contributed by atoms with Gasteiger partial charge in [-0.2, -0.15) is 15.0 Å². The predicted molar refractivity (Wildman–Crippen MR) is 114 cm³/mol. The van der Waals surface area contributed by atoms with Crippen molar-refractivity contribution >= 4 is 45.9 Å². The van der Waals surface area contributed by atoms with Crippen molar-refractivity contribution in [1.82, 2.24) is 19.9 Å². The largest absolute Gasteiger partial charge is 0.495 e. The van der Waals surface area contributed by atoms with Gasteiger partial charge < -0.3 is 20.7 Å². The van der Waals surface area contributed by atoms with Crippen LogP contribution >= 0.6 is 24.0 Å². The number of likely N-dealkylation sites (tertiary alicyclic amines) is 1. The van der Waals surface area contributed by atoms with E-state index in [4.69, 9.17) is 22.7 Å². The molecule has 2 heterocycles. The van der Waals surface area contributed by atoms with Crippen LogP contribution in [0.2, 0.25) is 0 Å². The van der Waals surface area contributed by atoms with Gasteiger partial charge in [0, 0.05) is 12.6 Å². The number of nitrogens with two attached hydrogens (primary N) is 1. The summed E-state index contributed by atoms with van der Waals surface area (Å²) in [6.45, 7) is 3.25. The van der Waals surface area contributed by atoms with Crippen molar-refractivity contribution in [3.63, 3.8) is 0 Å². The summed E-state index contributed by atoms with van der Waals surface area (Å²) in [5, 5.41) is 3.14. The van der Waals surface area contributed by atoms with Crippen LogP contribution in [0.15, 0.2) is 24.3 Å². The van der Waals surface area contributed by atoms with E-state index in [0.29, 0.717) is 29.3 Å². The summed E-state index contributed by atoms with van der Waals surface area (Å²) in [5.41, 5.74) is 6.63. The van der Waals surface area contributed by atoms with Gasteiger partial charge in [-0.15, -0.1) is 0 Å². The number of rotatable bonds is 5. The highest BCUT2D eigenvalue weighted by Gasteiger charge is 2.21. The molecule has 0 unspecified atom stereocenters. The van der Waals surface area contributed by atoms with Gasteiger partial charge in [0.1, 0.15) is 15.9 Å². The lowest BCUT2D eigenvalue weighted by Gasteiger charge is -2.35. The molecular weight excluding hydrogens is 380 g/mol. The van der Waals surface area contributed by atoms with Crippen molar-refractivity contribution in [3.8, 4) is 5.75 Å². The number of benzene rings is 1. The third-order valence-corrected chi connectivity index (χ3v) is 5.89. The summed E-state index contributed by atoms with van der Waals surface area (Å²) in [6.07, 6.45) is 3.65. The lowest BCUT2D eigenvalue weighted by Crippen LogP contribution is -2.39. The third-order valence-electron chi connectivity index (χ3n) is 4.41. The second-order valence-corrected chi connectivity index (χ2v) is 7.96. The fraction of sp³-hybridized carbons (Fsp3) is 0.444. The molecule has 1 aromatic heterocycles. The molecule has 7 nitrogen and oxygen atoms in total. The van der Waals surface area contributed by atoms with Crippen LogP contribution < -0.4 is 15.8 Å². The molecule has 0 amide bonds. The molecule has 1 fully saturated rings. The van der Waals surface area contributed by atoms with Crippen molar-refractivity contribution in [1.29, 1.82) is 0 Å². The standard InChI is InChI=1S/C18H24N6OS2/c1-12-7-5-6-10-24(12)18(26)27-11-15-21-16(19)23-17(22-15)20-13-8-3-4-9-14(13)25-2/h3-4,8-9,12H,5-7,10-11H2,1-2H3,(H3,19,20,21,22,23)/t12-/m0/s1. The molecule has 1 aromatic carbocycles. The Morgan fingerprint density at radius 3 is 2.93 bits per heavy atom. The second-order valence-electron chi connectivity index (χ2n) is 6.35. The SMILES string of the molecule is COc1ccccc1Nc1nc(N)nc(CSC(=S)N2CCCC[C@@H]2C)n1. The molecule has 3 rings (SSSR count). The number of methoxy groups -OCH3 is 1. The number of piperidine rings is 1. The number of anilines is 3. The molecule has 0 aliphatic carbocycles.